The molecule has 63 heavy (non-hydrogen) atoms. The van der Waals surface area contributed by atoms with Gasteiger partial charge in [-0.25, -0.2) is 0 Å². The summed E-state index contributed by atoms with van der Waals surface area (Å²) >= 11 is 0. The van der Waals surface area contributed by atoms with Gasteiger partial charge in [0.25, 0.3) is 0 Å². The maximum atomic E-state index is 14.5. The first-order valence-corrected chi connectivity index (χ1v) is 23.1. The molecule has 1 aliphatic carbocycles. The van der Waals surface area contributed by atoms with Crippen molar-refractivity contribution in [3.8, 4) is 0 Å². The summed E-state index contributed by atoms with van der Waals surface area (Å²) in [5, 5.41) is 34.7. The van der Waals surface area contributed by atoms with Crippen LogP contribution >= 0.6 is 0 Å². The van der Waals surface area contributed by atoms with E-state index in [4.69, 9.17) is 52.1 Å². The van der Waals surface area contributed by atoms with Crippen LogP contribution in [0.15, 0.2) is 47.1 Å². The second-order valence-electron chi connectivity index (χ2n) is 19.5. The van der Waals surface area contributed by atoms with Gasteiger partial charge < -0.3 is 67.4 Å². The molecular formula is C48H74O15. The lowest BCUT2D eigenvalue weighted by molar-refractivity contribution is -0.353. The SMILES string of the molecule is COC1CC(OC2C(C)OC(OC3/C(C)=C\CC4CC(CC5(CC(O)C(C)C(C(C)C)O5)O4)OC(=O)C4C=C(C)C(OC)C5OCC(=C/C=C\C3C)C45O)CC2OC)OC(C)C1O. The summed E-state index contributed by atoms with van der Waals surface area (Å²) in [6.45, 7) is 15.9. The number of aliphatic hydroxyl groups is 3. The second-order valence-corrected chi connectivity index (χ2v) is 19.5. The van der Waals surface area contributed by atoms with Gasteiger partial charge in [0, 0.05) is 65.3 Å². The molecule has 20 atom stereocenters. The van der Waals surface area contributed by atoms with Crippen molar-refractivity contribution in [2.24, 2.45) is 23.7 Å². The van der Waals surface area contributed by atoms with Crippen molar-refractivity contribution in [1.29, 1.82) is 0 Å². The van der Waals surface area contributed by atoms with Crippen molar-refractivity contribution in [3.05, 3.63) is 47.1 Å². The summed E-state index contributed by atoms with van der Waals surface area (Å²) in [5.41, 5.74) is 0.511. The fraction of sp³-hybridized carbons (Fsp3) is 0.812. The van der Waals surface area contributed by atoms with Crippen LogP contribution in [0.1, 0.15) is 93.9 Å². The molecule has 0 radical (unpaired) electrons. The molecular weight excluding hydrogens is 817 g/mol. The molecule has 15 heteroatoms. The highest BCUT2D eigenvalue weighted by Crippen LogP contribution is 2.48. The Morgan fingerprint density at radius 1 is 0.825 bits per heavy atom. The van der Waals surface area contributed by atoms with Gasteiger partial charge in [-0.2, -0.15) is 0 Å². The van der Waals surface area contributed by atoms with Gasteiger partial charge in [0.05, 0.1) is 55.4 Å². The van der Waals surface area contributed by atoms with Crippen LogP contribution in [-0.2, 0) is 56.9 Å². The molecule has 0 amide bonds. The number of aliphatic hydroxyl groups excluding tert-OH is 2. The minimum absolute atomic E-state index is 0.0967. The summed E-state index contributed by atoms with van der Waals surface area (Å²) < 4.78 is 69.7. The number of carbonyl (C=O) groups is 1. The van der Waals surface area contributed by atoms with Crippen molar-refractivity contribution in [2.75, 3.05) is 27.9 Å². The number of methoxy groups -OCH3 is 3. The Bertz CT molecular complexity index is 1710. The van der Waals surface area contributed by atoms with E-state index in [2.05, 4.69) is 26.8 Å². The number of allylic oxidation sites excluding steroid dienone is 2. The third-order valence-electron chi connectivity index (χ3n) is 14.7. The maximum absolute atomic E-state index is 14.5. The van der Waals surface area contributed by atoms with E-state index in [0.717, 1.165) is 11.1 Å². The summed E-state index contributed by atoms with van der Waals surface area (Å²) in [7, 11) is 4.79. The van der Waals surface area contributed by atoms with E-state index >= 15 is 0 Å². The van der Waals surface area contributed by atoms with Crippen LogP contribution < -0.4 is 0 Å². The van der Waals surface area contributed by atoms with E-state index in [1.54, 1.807) is 34.3 Å². The zero-order valence-corrected chi connectivity index (χ0v) is 39.0. The molecule has 6 aliphatic heterocycles. The molecule has 0 aromatic heterocycles. The van der Waals surface area contributed by atoms with Crippen LogP contribution in [0, 0.1) is 23.7 Å². The van der Waals surface area contributed by atoms with E-state index < -0.39 is 103 Å². The van der Waals surface area contributed by atoms with Gasteiger partial charge >= 0.3 is 5.97 Å². The van der Waals surface area contributed by atoms with Crippen LogP contribution in [-0.4, -0.2) is 153 Å². The molecule has 15 nitrogen and oxygen atoms in total. The van der Waals surface area contributed by atoms with Crippen LogP contribution in [0.25, 0.3) is 0 Å². The number of hydrogen-bond acceptors (Lipinski definition) is 15. The lowest BCUT2D eigenvalue weighted by Gasteiger charge is -2.52. The van der Waals surface area contributed by atoms with E-state index in [-0.39, 0.29) is 49.4 Å². The zero-order valence-electron chi connectivity index (χ0n) is 39.0. The largest absolute Gasteiger partial charge is 0.462 e. The molecule has 7 rings (SSSR count). The molecule has 5 saturated heterocycles. The first-order chi connectivity index (χ1) is 29.9. The fourth-order valence-electron chi connectivity index (χ4n) is 11.1. The summed E-state index contributed by atoms with van der Waals surface area (Å²) in [4.78, 5) is 14.5. The normalized spacial score (nSPS) is 48.7. The van der Waals surface area contributed by atoms with Crippen LogP contribution in [0.4, 0.5) is 0 Å². The average Bonchev–Trinajstić information content (AvgIpc) is 3.57. The molecule has 0 aromatic rings. The highest BCUT2D eigenvalue weighted by molar-refractivity contribution is 5.78. The predicted molar refractivity (Wildman–Crippen MR) is 229 cm³/mol. The standard InChI is InChI=1S/C48H74O15/c1-24(2)41-28(6)35(49)22-47(63-41)21-33-18-32(62-47)16-15-26(4)42(60-39-20-37(54-10)44(30(8)58-39)61-38-19-36(53-9)40(50)29(7)57-38)25(3)13-12-14-31-23-56-45-43(55-11)27(5)17-34(46(51)59-33)48(31,45)52/h12-15,17,24-25,28-30,32-45,49-50,52H,16,18-23H2,1-11H3/b13-12-,26-15-,31-14?. The van der Waals surface area contributed by atoms with Crippen molar-refractivity contribution in [2.45, 2.75) is 197 Å². The van der Waals surface area contributed by atoms with Gasteiger partial charge in [-0.05, 0) is 56.8 Å². The zero-order chi connectivity index (χ0) is 45.5. The van der Waals surface area contributed by atoms with Crippen molar-refractivity contribution in [3.63, 3.8) is 0 Å². The van der Waals surface area contributed by atoms with E-state index in [1.807, 2.05) is 45.9 Å². The third-order valence-corrected chi connectivity index (χ3v) is 14.7. The molecule has 20 unspecified atom stereocenters. The molecule has 3 N–H and O–H groups in total. The minimum atomic E-state index is -1.74. The first kappa shape index (κ1) is 48.8. The van der Waals surface area contributed by atoms with Gasteiger partial charge in [-0.1, -0.05) is 58.1 Å². The molecule has 6 heterocycles. The van der Waals surface area contributed by atoms with Crippen LogP contribution in [0.3, 0.4) is 0 Å². The number of fused-ring (bicyclic) bond motifs is 2. The third kappa shape index (κ3) is 9.98. The van der Waals surface area contributed by atoms with Gasteiger partial charge in [0.1, 0.15) is 42.0 Å². The summed E-state index contributed by atoms with van der Waals surface area (Å²) in [6.07, 6.45) is 3.50. The highest BCUT2D eigenvalue weighted by Gasteiger charge is 2.61. The molecule has 2 bridgehead atoms. The van der Waals surface area contributed by atoms with E-state index in [9.17, 15) is 20.1 Å². The Hall–Kier alpha value is -2.09. The highest BCUT2D eigenvalue weighted by atomic mass is 16.7. The Balaban J connectivity index is 1.19. The molecule has 356 valence electrons. The molecule has 0 aromatic carbocycles. The Morgan fingerprint density at radius 3 is 2.22 bits per heavy atom. The smallest absolute Gasteiger partial charge is 0.316 e. The Morgan fingerprint density at radius 2 is 1.52 bits per heavy atom. The second kappa shape index (κ2) is 20.0. The van der Waals surface area contributed by atoms with Crippen LogP contribution in [0.2, 0.25) is 0 Å². The number of rotatable bonds is 8. The van der Waals surface area contributed by atoms with Crippen LogP contribution in [0.5, 0.6) is 0 Å². The van der Waals surface area contributed by atoms with Gasteiger partial charge in [0.2, 0.25) is 0 Å². The quantitative estimate of drug-likeness (QED) is 0.223. The van der Waals surface area contributed by atoms with Gasteiger partial charge in [-0.3, -0.25) is 4.79 Å². The number of hydrogen-bond donors (Lipinski definition) is 3. The number of ether oxygens (including phenoxy) is 11. The van der Waals surface area contributed by atoms with Crippen molar-refractivity contribution >= 4 is 5.97 Å². The number of esters is 1. The molecule has 1 spiro atoms. The Kier molecular flexibility index (Phi) is 15.5. The topological polar surface area (TPSA) is 179 Å². The lowest BCUT2D eigenvalue weighted by Crippen LogP contribution is -2.60. The van der Waals surface area contributed by atoms with Crippen molar-refractivity contribution in [1.82, 2.24) is 0 Å². The maximum Gasteiger partial charge on any atom is 0.316 e. The summed E-state index contributed by atoms with van der Waals surface area (Å²) in [6, 6.07) is 0. The molecule has 5 fully saturated rings. The van der Waals surface area contributed by atoms with Gasteiger partial charge in [-0.15, -0.1) is 0 Å². The van der Waals surface area contributed by atoms with Gasteiger partial charge in [0.15, 0.2) is 18.4 Å². The average molecular weight is 891 g/mol. The van der Waals surface area contributed by atoms with E-state index in [1.165, 1.54) is 0 Å². The minimum Gasteiger partial charge on any atom is -0.462 e. The molecule has 0 saturated carbocycles. The molecule has 7 aliphatic rings. The predicted octanol–water partition coefficient (Wildman–Crippen LogP) is 4.84. The summed E-state index contributed by atoms with van der Waals surface area (Å²) in [5.74, 6) is -3.03. The lowest BCUT2D eigenvalue weighted by atomic mass is 9.70. The fourth-order valence-corrected chi connectivity index (χ4v) is 11.1. The number of carbonyl (C=O) groups excluding carboxylic acids is 1. The Labute approximate surface area is 373 Å². The van der Waals surface area contributed by atoms with E-state index in [0.29, 0.717) is 31.3 Å². The first-order valence-electron chi connectivity index (χ1n) is 23.1. The monoisotopic (exact) mass is 891 g/mol. The van der Waals surface area contributed by atoms with Crippen molar-refractivity contribution < 1.29 is 72.2 Å².